The van der Waals surface area contributed by atoms with Crippen molar-refractivity contribution in [2.75, 3.05) is 53.7 Å². The van der Waals surface area contributed by atoms with E-state index >= 15 is 0 Å². The summed E-state index contributed by atoms with van der Waals surface area (Å²) in [6.45, 7) is 6.05. The Morgan fingerprint density at radius 3 is 2.47 bits per heavy atom. The molecule has 2 aromatic carbocycles. The van der Waals surface area contributed by atoms with Crippen LogP contribution in [0.2, 0.25) is 0 Å². The van der Waals surface area contributed by atoms with Crippen LogP contribution in [-0.4, -0.2) is 69.4 Å². The third-order valence-electron chi connectivity index (χ3n) is 5.58. The molecule has 7 heteroatoms. The van der Waals surface area contributed by atoms with Crippen LogP contribution in [0.25, 0.3) is 0 Å². The Balaban J connectivity index is 1.22. The third-order valence-corrected chi connectivity index (χ3v) is 5.58. The Morgan fingerprint density at radius 2 is 1.73 bits per heavy atom. The molecule has 0 unspecified atom stereocenters. The zero-order valence-corrected chi connectivity index (χ0v) is 17.8. The maximum Gasteiger partial charge on any atom is 0.231 e. The van der Waals surface area contributed by atoms with Gasteiger partial charge in [0.1, 0.15) is 5.75 Å². The van der Waals surface area contributed by atoms with Crippen LogP contribution in [0.1, 0.15) is 11.1 Å². The number of piperazine rings is 1. The molecule has 30 heavy (non-hydrogen) atoms. The lowest BCUT2D eigenvalue weighted by Gasteiger charge is -2.36. The smallest absolute Gasteiger partial charge is 0.231 e. The number of aliphatic imine (C=N–C) groups is 1. The van der Waals surface area contributed by atoms with Gasteiger partial charge in [0.2, 0.25) is 6.79 Å². The highest BCUT2D eigenvalue weighted by atomic mass is 16.7. The lowest BCUT2D eigenvalue weighted by molar-refractivity contribution is 0.171. The second-order valence-electron chi connectivity index (χ2n) is 7.52. The molecule has 0 atom stereocenters. The van der Waals surface area contributed by atoms with Crippen LogP contribution in [0.15, 0.2) is 47.5 Å². The largest absolute Gasteiger partial charge is 0.497 e. The molecule has 0 aliphatic carbocycles. The Bertz CT molecular complexity index is 861. The van der Waals surface area contributed by atoms with Crippen LogP contribution in [0.5, 0.6) is 17.2 Å². The average molecular weight is 411 g/mol. The lowest BCUT2D eigenvalue weighted by Crippen LogP contribution is -2.52. The van der Waals surface area contributed by atoms with E-state index in [9.17, 15) is 0 Å². The maximum absolute atomic E-state index is 5.49. The van der Waals surface area contributed by atoms with E-state index in [2.05, 4.69) is 44.4 Å². The molecule has 0 radical (unpaired) electrons. The Kier molecular flexibility index (Phi) is 6.59. The summed E-state index contributed by atoms with van der Waals surface area (Å²) in [7, 11) is 3.55. The monoisotopic (exact) mass is 410 g/mol. The molecule has 0 amide bonds. The molecule has 0 bridgehead atoms. The maximum atomic E-state index is 5.49. The summed E-state index contributed by atoms with van der Waals surface area (Å²) < 4.78 is 16.1. The van der Waals surface area contributed by atoms with Crippen LogP contribution in [0.4, 0.5) is 0 Å². The van der Waals surface area contributed by atoms with Crippen molar-refractivity contribution in [3.63, 3.8) is 0 Å². The van der Waals surface area contributed by atoms with Crippen LogP contribution < -0.4 is 19.5 Å². The van der Waals surface area contributed by atoms with E-state index < -0.39 is 0 Å². The molecule has 0 saturated carbocycles. The van der Waals surface area contributed by atoms with Gasteiger partial charge in [-0.2, -0.15) is 0 Å². The second-order valence-corrected chi connectivity index (χ2v) is 7.52. The fourth-order valence-corrected chi connectivity index (χ4v) is 3.86. The molecular weight excluding hydrogens is 380 g/mol. The van der Waals surface area contributed by atoms with Crippen molar-refractivity contribution in [3.8, 4) is 17.2 Å². The number of guanidine groups is 1. The predicted octanol–water partition coefficient (Wildman–Crippen LogP) is 2.36. The van der Waals surface area contributed by atoms with Gasteiger partial charge < -0.3 is 24.4 Å². The average Bonchev–Trinajstić information content (AvgIpc) is 3.26. The van der Waals surface area contributed by atoms with Gasteiger partial charge in [-0.3, -0.25) is 9.89 Å². The van der Waals surface area contributed by atoms with E-state index in [0.29, 0.717) is 6.79 Å². The van der Waals surface area contributed by atoms with Crippen molar-refractivity contribution >= 4 is 5.96 Å². The first-order chi connectivity index (χ1) is 14.7. The number of ether oxygens (including phenoxy) is 3. The zero-order valence-electron chi connectivity index (χ0n) is 17.8. The van der Waals surface area contributed by atoms with Crippen LogP contribution in [0, 0.1) is 0 Å². The van der Waals surface area contributed by atoms with E-state index in [1.807, 2.05) is 25.2 Å². The van der Waals surface area contributed by atoms with Gasteiger partial charge in [-0.05, 0) is 41.8 Å². The second kappa shape index (κ2) is 9.71. The number of hydrogen-bond acceptors (Lipinski definition) is 5. The molecular formula is C23H30N4O3. The van der Waals surface area contributed by atoms with Crippen molar-refractivity contribution in [2.45, 2.75) is 13.0 Å². The first kappa shape index (κ1) is 20.3. The Morgan fingerprint density at radius 1 is 1.00 bits per heavy atom. The molecule has 7 nitrogen and oxygen atoms in total. The quantitative estimate of drug-likeness (QED) is 0.583. The summed E-state index contributed by atoms with van der Waals surface area (Å²) in [6, 6.07) is 14.4. The van der Waals surface area contributed by atoms with Gasteiger partial charge in [0.15, 0.2) is 17.5 Å². The zero-order chi connectivity index (χ0) is 20.8. The topological polar surface area (TPSA) is 58.6 Å². The summed E-state index contributed by atoms with van der Waals surface area (Å²) in [4.78, 5) is 9.29. The molecule has 1 saturated heterocycles. The summed E-state index contributed by atoms with van der Waals surface area (Å²) >= 11 is 0. The molecule has 160 valence electrons. The Labute approximate surface area is 178 Å². The molecule has 1 fully saturated rings. The molecule has 1 N–H and O–H groups in total. The van der Waals surface area contributed by atoms with Gasteiger partial charge in [-0.1, -0.05) is 18.2 Å². The minimum atomic E-state index is 0.321. The first-order valence-corrected chi connectivity index (χ1v) is 10.4. The third kappa shape index (κ3) is 4.97. The van der Waals surface area contributed by atoms with Gasteiger partial charge in [0, 0.05) is 46.3 Å². The minimum Gasteiger partial charge on any atom is -0.497 e. The highest BCUT2D eigenvalue weighted by Gasteiger charge is 2.20. The number of nitrogens with zero attached hydrogens (tertiary/aromatic N) is 3. The molecule has 2 aliphatic heterocycles. The minimum absolute atomic E-state index is 0.321. The molecule has 0 aromatic heterocycles. The summed E-state index contributed by atoms with van der Waals surface area (Å²) in [6.07, 6.45) is 0.951. The van der Waals surface area contributed by atoms with Gasteiger partial charge in [0.25, 0.3) is 0 Å². The molecule has 2 aliphatic rings. The molecule has 2 aromatic rings. The molecule has 4 rings (SSSR count). The van der Waals surface area contributed by atoms with Crippen LogP contribution in [-0.2, 0) is 13.0 Å². The highest BCUT2D eigenvalue weighted by Crippen LogP contribution is 2.32. The normalized spacial score (nSPS) is 16.6. The van der Waals surface area contributed by atoms with Gasteiger partial charge in [-0.15, -0.1) is 0 Å². The van der Waals surface area contributed by atoms with Gasteiger partial charge >= 0.3 is 0 Å². The fourth-order valence-electron chi connectivity index (χ4n) is 3.86. The van der Waals surface area contributed by atoms with E-state index in [-0.39, 0.29) is 0 Å². The summed E-state index contributed by atoms with van der Waals surface area (Å²) in [5.74, 6) is 3.56. The van der Waals surface area contributed by atoms with Gasteiger partial charge in [-0.25, -0.2) is 0 Å². The van der Waals surface area contributed by atoms with E-state index in [4.69, 9.17) is 14.2 Å². The molecule has 0 spiro atoms. The number of nitrogens with one attached hydrogen (secondary N) is 1. The summed E-state index contributed by atoms with van der Waals surface area (Å²) in [5, 5.41) is 3.50. The van der Waals surface area contributed by atoms with Crippen LogP contribution in [0.3, 0.4) is 0 Å². The number of rotatable bonds is 6. The van der Waals surface area contributed by atoms with Crippen LogP contribution >= 0.6 is 0 Å². The van der Waals surface area contributed by atoms with E-state index in [1.54, 1.807) is 7.11 Å². The Hall–Kier alpha value is -2.93. The van der Waals surface area contributed by atoms with E-state index in [0.717, 1.165) is 68.9 Å². The van der Waals surface area contributed by atoms with Crippen molar-refractivity contribution in [1.82, 2.24) is 15.1 Å². The van der Waals surface area contributed by atoms with Crippen molar-refractivity contribution in [1.29, 1.82) is 0 Å². The van der Waals surface area contributed by atoms with Gasteiger partial charge in [0.05, 0.1) is 7.11 Å². The lowest BCUT2D eigenvalue weighted by atomic mass is 10.1. The highest BCUT2D eigenvalue weighted by molar-refractivity contribution is 5.80. The first-order valence-electron chi connectivity index (χ1n) is 10.4. The molecule has 2 heterocycles. The summed E-state index contributed by atoms with van der Waals surface area (Å²) in [5.41, 5.74) is 2.54. The van der Waals surface area contributed by atoms with Crippen molar-refractivity contribution < 1.29 is 14.2 Å². The SMILES string of the molecule is CN=C(NCCc1ccc(OC)cc1)N1CCN(Cc2ccc3c(c2)OCO3)CC1. The van der Waals surface area contributed by atoms with Crippen molar-refractivity contribution in [3.05, 3.63) is 53.6 Å². The number of hydrogen-bond donors (Lipinski definition) is 1. The predicted molar refractivity (Wildman–Crippen MR) is 117 cm³/mol. The fraction of sp³-hybridized carbons (Fsp3) is 0.435. The number of benzene rings is 2. The number of methoxy groups -OCH3 is 1. The number of fused-ring (bicyclic) bond motifs is 1. The standard InChI is InChI=1S/C23H30N4O3/c1-24-23(25-10-9-18-3-6-20(28-2)7-4-18)27-13-11-26(12-14-27)16-19-5-8-21-22(15-19)30-17-29-21/h3-8,15H,9-14,16-17H2,1-2H3,(H,24,25). The van der Waals surface area contributed by atoms with E-state index in [1.165, 1.54) is 11.1 Å². The van der Waals surface area contributed by atoms with Crippen molar-refractivity contribution in [2.24, 2.45) is 4.99 Å².